The maximum atomic E-state index is 12.0. The minimum absolute atomic E-state index is 0.134. The Bertz CT molecular complexity index is 551. The fourth-order valence-corrected chi connectivity index (χ4v) is 1.83. The quantitative estimate of drug-likeness (QED) is 0.776. The molecule has 0 bridgehead atoms. The molecule has 0 aliphatic rings. The van der Waals surface area contributed by atoms with E-state index in [-0.39, 0.29) is 5.91 Å². The van der Waals surface area contributed by atoms with Gasteiger partial charge < -0.3 is 5.32 Å². The molecule has 0 unspecified atom stereocenters. The van der Waals surface area contributed by atoms with Gasteiger partial charge in [-0.2, -0.15) is 0 Å². The Hall–Kier alpha value is -1.74. The third-order valence-electron chi connectivity index (χ3n) is 2.54. The van der Waals surface area contributed by atoms with E-state index in [0.717, 1.165) is 11.3 Å². The van der Waals surface area contributed by atoms with Gasteiger partial charge in [-0.15, -0.1) is 12.6 Å². The lowest BCUT2D eigenvalue weighted by molar-refractivity contribution is 0.102. The van der Waals surface area contributed by atoms with Crippen LogP contribution >= 0.6 is 12.6 Å². The molecule has 0 heterocycles. The number of aryl methyl sites for hydroxylation is 1. The first-order chi connectivity index (χ1) is 8.18. The summed E-state index contributed by atoms with van der Waals surface area (Å²) in [6.07, 6.45) is 0. The van der Waals surface area contributed by atoms with Crippen LogP contribution in [0, 0.1) is 6.92 Å². The highest BCUT2D eigenvalue weighted by atomic mass is 32.1. The molecule has 2 aromatic rings. The lowest BCUT2D eigenvalue weighted by atomic mass is 10.1. The zero-order chi connectivity index (χ0) is 12.3. The second-order valence-electron chi connectivity index (χ2n) is 3.79. The van der Waals surface area contributed by atoms with Gasteiger partial charge in [-0.3, -0.25) is 4.79 Å². The lowest BCUT2D eigenvalue weighted by Gasteiger charge is -2.09. The fraction of sp³-hybridized carbons (Fsp3) is 0.0714. The lowest BCUT2D eigenvalue weighted by Crippen LogP contribution is -2.13. The molecule has 0 aromatic heterocycles. The van der Waals surface area contributed by atoms with Crippen LogP contribution in [0.5, 0.6) is 0 Å². The number of thiol groups is 1. The summed E-state index contributed by atoms with van der Waals surface area (Å²) in [5, 5.41) is 2.88. The van der Waals surface area contributed by atoms with Crippen LogP contribution in [0.4, 0.5) is 5.69 Å². The van der Waals surface area contributed by atoms with Crippen LogP contribution in [0.25, 0.3) is 0 Å². The average molecular weight is 243 g/mol. The number of carbonyl (C=O) groups excluding carboxylic acids is 1. The van der Waals surface area contributed by atoms with Crippen molar-refractivity contribution in [2.24, 2.45) is 0 Å². The van der Waals surface area contributed by atoms with E-state index in [1.165, 1.54) is 0 Å². The SMILES string of the molecule is Cc1ccccc1NC(=O)c1ccccc1S. The molecule has 0 aliphatic heterocycles. The first-order valence-corrected chi connectivity index (χ1v) is 5.78. The summed E-state index contributed by atoms with van der Waals surface area (Å²) < 4.78 is 0. The molecule has 0 saturated carbocycles. The van der Waals surface area contributed by atoms with Crippen LogP contribution in [0.1, 0.15) is 15.9 Å². The molecule has 0 radical (unpaired) electrons. The first-order valence-electron chi connectivity index (χ1n) is 5.33. The molecule has 3 heteroatoms. The summed E-state index contributed by atoms with van der Waals surface area (Å²) in [4.78, 5) is 12.7. The molecular weight excluding hydrogens is 230 g/mol. The first kappa shape index (κ1) is 11.7. The van der Waals surface area contributed by atoms with Gasteiger partial charge in [0.1, 0.15) is 0 Å². The van der Waals surface area contributed by atoms with Crippen LogP contribution in [-0.4, -0.2) is 5.91 Å². The van der Waals surface area contributed by atoms with Gasteiger partial charge in [0.25, 0.3) is 5.91 Å². The summed E-state index contributed by atoms with van der Waals surface area (Å²) in [7, 11) is 0. The molecule has 0 saturated heterocycles. The zero-order valence-electron chi connectivity index (χ0n) is 9.47. The van der Waals surface area contributed by atoms with Crippen LogP contribution in [0.3, 0.4) is 0 Å². The number of carbonyl (C=O) groups is 1. The van der Waals surface area contributed by atoms with Crippen molar-refractivity contribution < 1.29 is 4.79 Å². The Morgan fingerprint density at radius 2 is 1.71 bits per heavy atom. The Labute approximate surface area is 106 Å². The van der Waals surface area contributed by atoms with Crippen molar-refractivity contribution in [1.29, 1.82) is 0 Å². The highest BCUT2D eigenvalue weighted by Crippen LogP contribution is 2.17. The van der Waals surface area contributed by atoms with Crippen molar-refractivity contribution in [2.75, 3.05) is 5.32 Å². The second kappa shape index (κ2) is 5.06. The highest BCUT2D eigenvalue weighted by Gasteiger charge is 2.09. The number of hydrogen-bond donors (Lipinski definition) is 2. The monoisotopic (exact) mass is 243 g/mol. The number of benzene rings is 2. The van der Waals surface area contributed by atoms with Crippen molar-refractivity contribution in [3.05, 3.63) is 59.7 Å². The predicted molar refractivity (Wildman–Crippen MR) is 72.8 cm³/mol. The third-order valence-corrected chi connectivity index (χ3v) is 2.93. The normalized spacial score (nSPS) is 10.0. The molecule has 0 atom stereocenters. The number of rotatable bonds is 2. The number of amides is 1. The molecule has 0 fully saturated rings. The molecule has 0 spiro atoms. The van der Waals surface area contributed by atoms with Crippen molar-refractivity contribution in [3.8, 4) is 0 Å². The number of hydrogen-bond acceptors (Lipinski definition) is 2. The Kier molecular flexibility index (Phi) is 3.49. The summed E-state index contributed by atoms with van der Waals surface area (Å²) in [5.41, 5.74) is 2.45. The third kappa shape index (κ3) is 2.68. The highest BCUT2D eigenvalue weighted by molar-refractivity contribution is 7.80. The maximum Gasteiger partial charge on any atom is 0.256 e. The largest absolute Gasteiger partial charge is 0.322 e. The molecular formula is C14H13NOS. The number of nitrogens with one attached hydrogen (secondary N) is 1. The van der Waals surface area contributed by atoms with Crippen molar-refractivity contribution >= 4 is 24.2 Å². The number of anilines is 1. The average Bonchev–Trinajstić information content (AvgIpc) is 2.32. The molecule has 17 heavy (non-hydrogen) atoms. The second-order valence-corrected chi connectivity index (χ2v) is 4.27. The minimum Gasteiger partial charge on any atom is -0.322 e. The van der Waals surface area contributed by atoms with Gasteiger partial charge in [0.05, 0.1) is 5.56 Å². The van der Waals surface area contributed by atoms with E-state index in [1.54, 1.807) is 12.1 Å². The summed E-state index contributed by atoms with van der Waals surface area (Å²) >= 11 is 4.27. The zero-order valence-corrected chi connectivity index (χ0v) is 10.4. The van der Waals surface area contributed by atoms with Crippen LogP contribution in [0.2, 0.25) is 0 Å². The van der Waals surface area contributed by atoms with Gasteiger partial charge in [0.15, 0.2) is 0 Å². The van der Waals surface area contributed by atoms with Crippen LogP contribution in [0.15, 0.2) is 53.4 Å². The van der Waals surface area contributed by atoms with Gasteiger partial charge in [0.2, 0.25) is 0 Å². The fourth-order valence-electron chi connectivity index (χ4n) is 1.57. The van der Waals surface area contributed by atoms with Crippen LogP contribution < -0.4 is 5.32 Å². The molecule has 86 valence electrons. The van der Waals surface area contributed by atoms with Gasteiger partial charge in [-0.05, 0) is 30.7 Å². The molecule has 2 nitrogen and oxygen atoms in total. The molecule has 0 aliphatic carbocycles. The Balaban J connectivity index is 2.24. The standard InChI is InChI=1S/C14H13NOS/c1-10-6-2-4-8-12(10)15-14(16)11-7-3-5-9-13(11)17/h2-9,17H,1H3,(H,15,16). The van der Waals surface area contributed by atoms with E-state index in [4.69, 9.17) is 0 Å². The molecule has 2 aromatic carbocycles. The van der Waals surface area contributed by atoms with E-state index in [0.29, 0.717) is 10.5 Å². The van der Waals surface area contributed by atoms with Gasteiger partial charge in [0, 0.05) is 10.6 Å². The topological polar surface area (TPSA) is 29.1 Å². The Morgan fingerprint density at radius 1 is 1.06 bits per heavy atom. The minimum atomic E-state index is -0.134. The maximum absolute atomic E-state index is 12.0. The molecule has 2 rings (SSSR count). The van der Waals surface area contributed by atoms with Crippen molar-refractivity contribution in [3.63, 3.8) is 0 Å². The van der Waals surface area contributed by atoms with E-state index >= 15 is 0 Å². The summed E-state index contributed by atoms with van der Waals surface area (Å²) in [6.45, 7) is 1.96. The van der Waals surface area contributed by atoms with Crippen LogP contribution in [-0.2, 0) is 0 Å². The van der Waals surface area contributed by atoms with Crippen molar-refractivity contribution in [2.45, 2.75) is 11.8 Å². The van der Waals surface area contributed by atoms with Gasteiger partial charge in [-0.1, -0.05) is 30.3 Å². The smallest absolute Gasteiger partial charge is 0.256 e. The van der Waals surface area contributed by atoms with E-state index < -0.39 is 0 Å². The van der Waals surface area contributed by atoms with Gasteiger partial charge >= 0.3 is 0 Å². The number of para-hydroxylation sites is 1. The Morgan fingerprint density at radius 3 is 2.41 bits per heavy atom. The van der Waals surface area contributed by atoms with E-state index in [9.17, 15) is 4.79 Å². The molecule has 1 N–H and O–H groups in total. The van der Waals surface area contributed by atoms with Gasteiger partial charge in [-0.25, -0.2) is 0 Å². The predicted octanol–water partition coefficient (Wildman–Crippen LogP) is 3.54. The van der Waals surface area contributed by atoms with E-state index in [2.05, 4.69) is 17.9 Å². The van der Waals surface area contributed by atoms with Crippen molar-refractivity contribution in [1.82, 2.24) is 0 Å². The summed E-state index contributed by atoms with van der Waals surface area (Å²) in [5.74, 6) is -0.134. The van der Waals surface area contributed by atoms with E-state index in [1.807, 2.05) is 43.3 Å². The molecule has 1 amide bonds. The summed E-state index contributed by atoms with van der Waals surface area (Å²) in [6, 6.07) is 14.9.